The summed E-state index contributed by atoms with van der Waals surface area (Å²) in [5.74, 6) is -0.0300. The molecule has 1 aliphatic heterocycles. The zero-order valence-electron chi connectivity index (χ0n) is 17.6. The van der Waals surface area contributed by atoms with E-state index in [-0.39, 0.29) is 23.5 Å². The van der Waals surface area contributed by atoms with E-state index >= 15 is 0 Å². The SMILES string of the molecule is CNCCOc1nc2sc(N3CCCC3C(=O)NCc3ccccc3)nc2c(=O)n1C. The largest absolute Gasteiger partial charge is 0.463 e. The lowest BCUT2D eigenvalue weighted by Crippen LogP contribution is -2.43. The molecule has 1 amide bonds. The average molecular weight is 443 g/mol. The second kappa shape index (κ2) is 9.44. The summed E-state index contributed by atoms with van der Waals surface area (Å²) >= 11 is 1.32. The first kappa shape index (κ1) is 21.3. The van der Waals surface area contributed by atoms with Crippen LogP contribution in [0.25, 0.3) is 10.3 Å². The van der Waals surface area contributed by atoms with Gasteiger partial charge in [0.1, 0.15) is 12.6 Å². The Labute approximate surface area is 184 Å². The van der Waals surface area contributed by atoms with Crippen LogP contribution in [0.3, 0.4) is 0 Å². The Morgan fingerprint density at radius 2 is 2.10 bits per heavy atom. The smallest absolute Gasteiger partial charge is 0.300 e. The Bertz CT molecular complexity index is 1110. The van der Waals surface area contributed by atoms with Gasteiger partial charge in [0.05, 0.1) is 0 Å². The molecule has 1 fully saturated rings. The molecule has 10 heteroatoms. The minimum absolute atomic E-state index is 0.0300. The van der Waals surface area contributed by atoms with Crippen LogP contribution in [-0.4, -0.2) is 53.2 Å². The topological polar surface area (TPSA) is 101 Å². The number of hydrogen-bond donors (Lipinski definition) is 2. The Balaban J connectivity index is 1.53. The van der Waals surface area contributed by atoms with Gasteiger partial charge in [-0.05, 0) is 25.5 Å². The lowest BCUT2D eigenvalue weighted by atomic mass is 10.2. The van der Waals surface area contributed by atoms with Gasteiger partial charge in [-0.1, -0.05) is 41.7 Å². The number of likely N-dealkylation sites (N-methyl/N-ethyl adjacent to an activating group) is 1. The summed E-state index contributed by atoms with van der Waals surface area (Å²) in [5, 5.41) is 6.66. The molecule has 1 aromatic carbocycles. The van der Waals surface area contributed by atoms with E-state index in [9.17, 15) is 9.59 Å². The lowest BCUT2D eigenvalue weighted by molar-refractivity contribution is -0.122. The number of nitrogens with one attached hydrogen (secondary N) is 2. The van der Waals surface area contributed by atoms with Crippen molar-refractivity contribution in [1.29, 1.82) is 0 Å². The summed E-state index contributed by atoms with van der Waals surface area (Å²) in [5.41, 5.74) is 1.11. The molecule has 0 aliphatic carbocycles. The molecule has 0 saturated carbocycles. The van der Waals surface area contributed by atoms with Gasteiger partial charge in [0.15, 0.2) is 15.5 Å². The molecule has 2 N–H and O–H groups in total. The summed E-state index contributed by atoms with van der Waals surface area (Å²) in [7, 11) is 3.45. The molecule has 164 valence electrons. The summed E-state index contributed by atoms with van der Waals surface area (Å²) in [4.78, 5) is 37.1. The number of hydrogen-bond acceptors (Lipinski definition) is 8. The van der Waals surface area contributed by atoms with E-state index in [4.69, 9.17) is 4.74 Å². The summed E-state index contributed by atoms with van der Waals surface area (Å²) in [6, 6.07) is 9.78. The van der Waals surface area contributed by atoms with Gasteiger partial charge < -0.3 is 20.3 Å². The van der Waals surface area contributed by atoms with Crippen LogP contribution in [0.2, 0.25) is 0 Å². The fourth-order valence-corrected chi connectivity index (χ4v) is 4.59. The molecule has 3 aromatic rings. The molecule has 1 atom stereocenters. The Hall–Kier alpha value is -2.98. The Morgan fingerprint density at radius 3 is 2.87 bits per heavy atom. The number of benzene rings is 1. The van der Waals surface area contributed by atoms with Crippen molar-refractivity contribution in [2.24, 2.45) is 7.05 Å². The first-order valence-corrected chi connectivity index (χ1v) is 11.1. The van der Waals surface area contributed by atoms with E-state index in [1.54, 1.807) is 7.05 Å². The number of aromatic nitrogens is 3. The van der Waals surface area contributed by atoms with E-state index in [2.05, 4.69) is 20.6 Å². The van der Waals surface area contributed by atoms with Crippen LogP contribution in [0.5, 0.6) is 6.01 Å². The maximum Gasteiger partial charge on any atom is 0.300 e. The van der Waals surface area contributed by atoms with Gasteiger partial charge in [0.2, 0.25) is 5.91 Å². The lowest BCUT2D eigenvalue weighted by Gasteiger charge is -2.23. The monoisotopic (exact) mass is 442 g/mol. The number of carbonyl (C=O) groups excluding carboxylic acids is 1. The van der Waals surface area contributed by atoms with Crippen LogP contribution < -0.4 is 25.8 Å². The highest BCUT2D eigenvalue weighted by atomic mass is 32.1. The molecule has 1 saturated heterocycles. The van der Waals surface area contributed by atoms with Crippen LogP contribution >= 0.6 is 11.3 Å². The molecule has 0 spiro atoms. The standard InChI is InChI=1S/C21H26N6O3S/c1-22-10-12-30-20-25-18-16(19(29)26(20)2)24-21(31-18)27-11-6-9-15(27)17(28)23-13-14-7-4-3-5-8-14/h3-5,7-8,15,22H,6,9-13H2,1-2H3,(H,23,28). The van der Waals surface area contributed by atoms with Gasteiger partial charge in [-0.3, -0.25) is 14.2 Å². The van der Waals surface area contributed by atoms with Crippen molar-refractivity contribution in [3.05, 3.63) is 46.2 Å². The van der Waals surface area contributed by atoms with Crippen molar-refractivity contribution in [3.8, 4) is 6.01 Å². The minimum atomic E-state index is -0.306. The van der Waals surface area contributed by atoms with Crippen molar-refractivity contribution >= 4 is 32.7 Å². The summed E-state index contributed by atoms with van der Waals surface area (Å²) < 4.78 is 7.00. The molecule has 3 heterocycles. The zero-order valence-corrected chi connectivity index (χ0v) is 18.4. The van der Waals surface area contributed by atoms with Crippen LogP contribution in [0, 0.1) is 0 Å². The van der Waals surface area contributed by atoms with Gasteiger partial charge in [0, 0.05) is 26.7 Å². The van der Waals surface area contributed by atoms with E-state index < -0.39 is 0 Å². The zero-order chi connectivity index (χ0) is 21.8. The average Bonchev–Trinajstić information content (AvgIpc) is 3.43. The molecule has 31 heavy (non-hydrogen) atoms. The first-order valence-electron chi connectivity index (χ1n) is 10.3. The van der Waals surface area contributed by atoms with Gasteiger partial charge >= 0.3 is 0 Å². The normalized spacial score (nSPS) is 16.1. The number of thiazole rings is 1. The maximum absolute atomic E-state index is 12.9. The second-order valence-corrected chi connectivity index (χ2v) is 8.37. The number of rotatable bonds is 8. The van der Waals surface area contributed by atoms with Crippen molar-refractivity contribution in [1.82, 2.24) is 25.2 Å². The second-order valence-electron chi connectivity index (χ2n) is 7.42. The molecule has 2 aromatic heterocycles. The third-order valence-corrected chi connectivity index (χ3v) is 6.27. The predicted octanol–water partition coefficient (Wildman–Crippen LogP) is 1.27. The third kappa shape index (κ3) is 4.54. The van der Waals surface area contributed by atoms with Gasteiger partial charge in [0.25, 0.3) is 11.6 Å². The highest BCUT2D eigenvalue weighted by molar-refractivity contribution is 7.21. The molecular weight excluding hydrogens is 416 g/mol. The first-order chi connectivity index (χ1) is 15.1. The van der Waals surface area contributed by atoms with Crippen LogP contribution in [0.15, 0.2) is 35.1 Å². The van der Waals surface area contributed by atoms with Gasteiger partial charge in [-0.2, -0.15) is 4.98 Å². The van der Waals surface area contributed by atoms with Crippen molar-refractivity contribution in [3.63, 3.8) is 0 Å². The Kier molecular flexibility index (Phi) is 6.47. The van der Waals surface area contributed by atoms with Crippen LogP contribution in [-0.2, 0) is 18.4 Å². The summed E-state index contributed by atoms with van der Waals surface area (Å²) in [6.07, 6.45) is 1.64. The minimum Gasteiger partial charge on any atom is -0.463 e. The molecule has 1 aliphatic rings. The van der Waals surface area contributed by atoms with Crippen molar-refractivity contribution < 1.29 is 9.53 Å². The number of carbonyl (C=O) groups is 1. The molecule has 0 bridgehead atoms. The fraction of sp³-hybridized carbons (Fsp3) is 0.429. The number of nitrogens with zero attached hydrogens (tertiary/aromatic N) is 4. The third-order valence-electron chi connectivity index (χ3n) is 5.28. The van der Waals surface area contributed by atoms with Crippen LogP contribution in [0.1, 0.15) is 18.4 Å². The highest BCUT2D eigenvalue weighted by Gasteiger charge is 2.33. The van der Waals surface area contributed by atoms with E-state index in [0.29, 0.717) is 35.2 Å². The molecule has 4 rings (SSSR count). The van der Waals surface area contributed by atoms with E-state index in [1.807, 2.05) is 42.3 Å². The van der Waals surface area contributed by atoms with Crippen LogP contribution in [0.4, 0.5) is 5.13 Å². The van der Waals surface area contributed by atoms with Gasteiger partial charge in [-0.15, -0.1) is 0 Å². The molecular formula is C21H26N6O3S. The fourth-order valence-electron chi connectivity index (χ4n) is 3.59. The maximum atomic E-state index is 12.9. The van der Waals surface area contributed by atoms with Gasteiger partial charge in [-0.25, -0.2) is 4.98 Å². The summed E-state index contributed by atoms with van der Waals surface area (Å²) in [6.45, 7) is 2.26. The number of fused-ring (bicyclic) bond motifs is 1. The number of amides is 1. The Morgan fingerprint density at radius 1 is 1.29 bits per heavy atom. The van der Waals surface area contributed by atoms with E-state index in [0.717, 1.165) is 24.9 Å². The number of anilines is 1. The molecule has 9 nitrogen and oxygen atoms in total. The highest BCUT2D eigenvalue weighted by Crippen LogP contribution is 2.32. The molecule has 0 radical (unpaired) electrons. The predicted molar refractivity (Wildman–Crippen MR) is 121 cm³/mol. The van der Waals surface area contributed by atoms with Crippen molar-refractivity contribution in [2.45, 2.75) is 25.4 Å². The molecule has 1 unspecified atom stereocenters. The quantitative estimate of drug-likeness (QED) is 0.507. The van der Waals surface area contributed by atoms with Crippen molar-refractivity contribution in [2.75, 3.05) is 31.6 Å². The number of ether oxygens (including phenoxy) is 1. The van der Waals surface area contributed by atoms with E-state index in [1.165, 1.54) is 15.9 Å².